The topological polar surface area (TPSA) is 92.9 Å². The number of carbonyl (C=O) groups is 2. The van der Waals surface area contributed by atoms with Gasteiger partial charge in [0, 0.05) is 4.88 Å². The molecule has 2 N–H and O–H groups in total. The van der Waals surface area contributed by atoms with Crippen LogP contribution < -0.4 is 10.7 Å². The quantitative estimate of drug-likeness (QED) is 0.472. The molecule has 0 bridgehead atoms. The molecule has 1 unspecified atom stereocenters. The van der Waals surface area contributed by atoms with Crippen LogP contribution in [-0.4, -0.2) is 24.8 Å². The standard InChI is InChI=1S/C18H21N3O4S/c1-3-24-17(22)15-13-7-6-11(2)9-14(13)26-16(15)20-18(23)21-19-10-12-5-4-8-25-12/h4-5,8,10-11H,3,6-7,9H2,1-2H3,(H2,20,21,23). The highest BCUT2D eigenvalue weighted by Crippen LogP contribution is 2.40. The van der Waals surface area contributed by atoms with Crippen LogP contribution >= 0.6 is 11.3 Å². The van der Waals surface area contributed by atoms with Crippen molar-refractivity contribution in [2.24, 2.45) is 11.0 Å². The summed E-state index contributed by atoms with van der Waals surface area (Å²) in [5, 5.41) is 7.06. The molecule has 8 heteroatoms. The van der Waals surface area contributed by atoms with Gasteiger partial charge in [-0.25, -0.2) is 15.0 Å². The monoisotopic (exact) mass is 375 g/mol. The van der Waals surface area contributed by atoms with Crippen molar-refractivity contribution in [3.63, 3.8) is 0 Å². The Hall–Kier alpha value is -2.61. The highest BCUT2D eigenvalue weighted by atomic mass is 32.1. The number of ether oxygens (including phenoxy) is 1. The molecule has 0 spiro atoms. The number of esters is 1. The maximum Gasteiger partial charge on any atom is 0.341 e. The predicted molar refractivity (Wildman–Crippen MR) is 99.9 cm³/mol. The van der Waals surface area contributed by atoms with Gasteiger partial charge in [0.1, 0.15) is 10.8 Å². The minimum absolute atomic E-state index is 0.291. The van der Waals surface area contributed by atoms with E-state index in [4.69, 9.17) is 9.15 Å². The van der Waals surface area contributed by atoms with Crippen molar-refractivity contribution in [2.45, 2.75) is 33.1 Å². The fraction of sp³-hybridized carbons (Fsp3) is 0.389. The highest BCUT2D eigenvalue weighted by Gasteiger charge is 2.29. The summed E-state index contributed by atoms with van der Waals surface area (Å²) in [6.07, 6.45) is 5.67. The number of rotatable bonds is 5. The molecule has 0 radical (unpaired) electrons. The molecular weight excluding hydrogens is 354 g/mol. The van der Waals surface area contributed by atoms with Crippen molar-refractivity contribution in [3.05, 3.63) is 40.2 Å². The van der Waals surface area contributed by atoms with Crippen LogP contribution in [0.2, 0.25) is 0 Å². The van der Waals surface area contributed by atoms with E-state index in [9.17, 15) is 9.59 Å². The second-order valence-corrected chi connectivity index (χ2v) is 7.22. The van der Waals surface area contributed by atoms with Crippen LogP contribution in [0, 0.1) is 5.92 Å². The summed E-state index contributed by atoms with van der Waals surface area (Å²) >= 11 is 1.44. The van der Waals surface area contributed by atoms with Crippen LogP contribution in [-0.2, 0) is 17.6 Å². The first-order valence-corrected chi connectivity index (χ1v) is 9.35. The molecule has 26 heavy (non-hydrogen) atoms. The van der Waals surface area contributed by atoms with Crippen LogP contribution in [0.4, 0.5) is 9.80 Å². The molecule has 3 rings (SSSR count). The van der Waals surface area contributed by atoms with Crippen molar-refractivity contribution in [1.29, 1.82) is 0 Å². The van der Waals surface area contributed by atoms with E-state index in [1.165, 1.54) is 23.8 Å². The molecule has 138 valence electrons. The Morgan fingerprint density at radius 1 is 1.50 bits per heavy atom. The summed E-state index contributed by atoms with van der Waals surface area (Å²) in [5.41, 5.74) is 3.85. The van der Waals surface area contributed by atoms with Gasteiger partial charge in [0.05, 0.1) is 24.6 Å². The van der Waals surface area contributed by atoms with Crippen molar-refractivity contribution in [1.82, 2.24) is 5.43 Å². The average molecular weight is 375 g/mol. The SMILES string of the molecule is CCOC(=O)c1c(NC(=O)NN=Cc2ccco2)sc2c1CCC(C)C2. The number of hydrogen-bond donors (Lipinski definition) is 2. The van der Waals surface area contributed by atoms with Gasteiger partial charge < -0.3 is 9.15 Å². The van der Waals surface area contributed by atoms with E-state index in [0.29, 0.717) is 28.8 Å². The normalized spacial score (nSPS) is 16.3. The molecule has 0 aromatic carbocycles. The average Bonchev–Trinajstić information content (AvgIpc) is 3.22. The van der Waals surface area contributed by atoms with Crippen LogP contribution in [0.1, 0.15) is 46.8 Å². The molecule has 0 saturated heterocycles. The molecule has 0 fully saturated rings. The molecule has 1 aliphatic carbocycles. The number of anilines is 1. The van der Waals surface area contributed by atoms with Gasteiger partial charge in [-0.1, -0.05) is 6.92 Å². The number of furan rings is 1. The summed E-state index contributed by atoms with van der Waals surface area (Å²) < 4.78 is 10.3. The first kappa shape index (κ1) is 18.2. The van der Waals surface area contributed by atoms with Gasteiger partial charge in [-0.05, 0) is 49.8 Å². The first-order valence-electron chi connectivity index (χ1n) is 8.53. The lowest BCUT2D eigenvalue weighted by Gasteiger charge is -2.18. The van der Waals surface area contributed by atoms with E-state index in [2.05, 4.69) is 22.8 Å². The van der Waals surface area contributed by atoms with Crippen LogP contribution in [0.5, 0.6) is 0 Å². The fourth-order valence-corrected chi connectivity index (χ4v) is 4.30. The Kier molecular flexibility index (Phi) is 5.72. The van der Waals surface area contributed by atoms with E-state index in [1.54, 1.807) is 19.1 Å². The van der Waals surface area contributed by atoms with Crippen LogP contribution in [0.25, 0.3) is 0 Å². The third kappa shape index (κ3) is 4.13. The molecule has 0 saturated carbocycles. The molecule has 1 atom stereocenters. The maximum atomic E-state index is 12.4. The Labute approximate surface area is 155 Å². The third-order valence-electron chi connectivity index (χ3n) is 4.12. The molecule has 2 aromatic rings. The zero-order valence-electron chi connectivity index (χ0n) is 14.7. The minimum Gasteiger partial charge on any atom is -0.463 e. The van der Waals surface area contributed by atoms with E-state index >= 15 is 0 Å². The molecule has 7 nitrogen and oxygen atoms in total. The van der Waals surface area contributed by atoms with Crippen LogP contribution in [0.15, 0.2) is 27.9 Å². The number of hydrazone groups is 1. The number of fused-ring (bicyclic) bond motifs is 1. The number of amides is 2. The number of thiophene rings is 1. The highest BCUT2D eigenvalue weighted by molar-refractivity contribution is 7.17. The lowest BCUT2D eigenvalue weighted by molar-refractivity contribution is 0.0526. The van der Waals surface area contributed by atoms with Gasteiger partial charge in [0.2, 0.25) is 0 Å². The molecular formula is C18H21N3O4S. The van der Waals surface area contributed by atoms with Gasteiger partial charge in [0.15, 0.2) is 0 Å². The second kappa shape index (κ2) is 8.18. The smallest absolute Gasteiger partial charge is 0.341 e. The lowest BCUT2D eigenvalue weighted by Crippen LogP contribution is -2.25. The fourth-order valence-electron chi connectivity index (χ4n) is 2.91. The molecule has 0 aliphatic heterocycles. The summed E-state index contributed by atoms with van der Waals surface area (Å²) in [6, 6.07) is 2.92. The van der Waals surface area contributed by atoms with Gasteiger partial charge >= 0.3 is 12.0 Å². The van der Waals surface area contributed by atoms with Gasteiger partial charge in [-0.3, -0.25) is 5.32 Å². The second-order valence-electron chi connectivity index (χ2n) is 6.12. The van der Waals surface area contributed by atoms with Gasteiger partial charge in [-0.2, -0.15) is 5.10 Å². The van der Waals surface area contributed by atoms with Gasteiger partial charge in [0.25, 0.3) is 0 Å². The summed E-state index contributed by atoms with van der Waals surface area (Å²) in [5.74, 6) is 0.697. The number of hydrogen-bond acceptors (Lipinski definition) is 6. The number of nitrogens with zero attached hydrogens (tertiary/aromatic N) is 1. The molecule has 1 aliphatic rings. The third-order valence-corrected chi connectivity index (χ3v) is 5.29. The van der Waals surface area contributed by atoms with E-state index in [-0.39, 0.29) is 0 Å². The Bertz CT molecular complexity index is 811. The Balaban J connectivity index is 1.75. The van der Waals surface area contributed by atoms with E-state index < -0.39 is 12.0 Å². The van der Waals surface area contributed by atoms with Crippen molar-refractivity contribution in [3.8, 4) is 0 Å². The lowest BCUT2D eigenvalue weighted by atomic mass is 9.88. The molecule has 2 aromatic heterocycles. The summed E-state index contributed by atoms with van der Waals surface area (Å²) in [7, 11) is 0. The van der Waals surface area contributed by atoms with Crippen molar-refractivity contribution < 1.29 is 18.7 Å². The van der Waals surface area contributed by atoms with Crippen molar-refractivity contribution >= 4 is 34.6 Å². The van der Waals surface area contributed by atoms with Crippen LogP contribution in [0.3, 0.4) is 0 Å². The predicted octanol–water partition coefficient (Wildman–Crippen LogP) is 3.80. The van der Waals surface area contributed by atoms with E-state index in [0.717, 1.165) is 29.7 Å². The number of carbonyl (C=O) groups excluding carboxylic acids is 2. The first-order chi connectivity index (χ1) is 12.6. The zero-order chi connectivity index (χ0) is 18.5. The largest absolute Gasteiger partial charge is 0.463 e. The maximum absolute atomic E-state index is 12.4. The molecule has 2 amide bonds. The minimum atomic E-state index is -0.523. The van der Waals surface area contributed by atoms with Crippen molar-refractivity contribution in [2.75, 3.05) is 11.9 Å². The Morgan fingerprint density at radius 3 is 3.08 bits per heavy atom. The van der Waals surface area contributed by atoms with Gasteiger partial charge in [-0.15, -0.1) is 11.3 Å². The number of urea groups is 1. The summed E-state index contributed by atoms with van der Waals surface area (Å²) in [6.45, 7) is 4.25. The van der Waals surface area contributed by atoms with E-state index in [1.807, 2.05) is 0 Å². The number of nitrogens with one attached hydrogen (secondary N) is 2. The molecule has 2 heterocycles. The Morgan fingerprint density at radius 2 is 2.35 bits per heavy atom. The summed E-state index contributed by atoms with van der Waals surface area (Å²) in [4.78, 5) is 25.7. The zero-order valence-corrected chi connectivity index (χ0v) is 15.5.